The lowest BCUT2D eigenvalue weighted by molar-refractivity contribution is 0.0957. The lowest BCUT2D eigenvalue weighted by atomic mass is 9.79. The molecule has 0 heterocycles. The molecule has 1 aromatic carbocycles. The van der Waals surface area contributed by atoms with Gasteiger partial charge in [-0.05, 0) is 44.2 Å². The highest BCUT2D eigenvalue weighted by atomic mass is 19.1. The summed E-state index contributed by atoms with van der Waals surface area (Å²) >= 11 is 0. The fourth-order valence-corrected chi connectivity index (χ4v) is 2.90. The molecule has 0 spiro atoms. The number of benzene rings is 1. The van der Waals surface area contributed by atoms with Gasteiger partial charge in [-0.15, -0.1) is 0 Å². The molecule has 1 saturated carbocycles. The van der Waals surface area contributed by atoms with E-state index in [1.165, 1.54) is 0 Å². The summed E-state index contributed by atoms with van der Waals surface area (Å²) in [4.78, 5) is 0. The van der Waals surface area contributed by atoms with Crippen LogP contribution in [0.4, 0.5) is 4.39 Å². The molecule has 2 atom stereocenters. The molecule has 1 fully saturated rings. The van der Waals surface area contributed by atoms with Gasteiger partial charge >= 0.3 is 0 Å². The molecule has 100 valence electrons. The van der Waals surface area contributed by atoms with E-state index in [4.69, 9.17) is 10.5 Å². The van der Waals surface area contributed by atoms with Gasteiger partial charge in [-0.25, -0.2) is 4.39 Å². The lowest BCUT2D eigenvalue weighted by Gasteiger charge is -2.33. The van der Waals surface area contributed by atoms with Gasteiger partial charge in [-0.2, -0.15) is 0 Å². The van der Waals surface area contributed by atoms with Crippen LogP contribution >= 0.6 is 0 Å². The summed E-state index contributed by atoms with van der Waals surface area (Å²) < 4.78 is 20.1. The maximum Gasteiger partial charge on any atom is 0.122 e. The van der Waals surface area contributed by atoms with Crippen LogP contribution in [0.25, 0.3) is 0 Å². The topological polar surface area (TPSA) is 35.2 Å². The summed E-state index contributed by atoms with van der Waals surface area (Å²) in [5, 5.41) is 0. The van der Waals surface area contributed by atoms with Crippen molar-refractivity contribution in [2.75, 3.05) is 7.11 Å². The zero-order valence-corrected chi connectivity index (χ0v) is 11.2. The predicted molar refractivity (Wildman–Crippen MR) is 71.7 cm³/mol. The van der Waals surface area contributed by atoms with Crippen molar-refractivity contribution in [3.8, 4) is 5.75 Å². The molecule has 0 amide bonds. The summed E-state index contributed by atoms with van der Waals surface area (Å²) in [6.45, 7) is 2.01. The van der Waals surface area contributed by atoms with Crippen LogP contribution in [0.5, 0.6) is 5.75 Å². The molecule has 1 aliphatic rings. The van der Waals surface area contributed by atoms with Gasteiger partial charge in [-0.3, -0.25) is 0 Å². The second-order valence-corrected chi connectivity index (χ2v) is 5.50. The first-order valence-electron chi connectivity index (χ1n) is 6.60. The third kappa shape index (κ3) is 3.02. The Kier molecular flexibility index (Phi) is 3.91. The predicted octanol–water partition coefficient (Wildman–Crippen LogP) is 3.16. The molecule has 2 rings (SSSR count). The standard InChI is InChI=1S/C15H22FNO/c1-11-5-6-14(18-2)12(8-11)9-15(16)7-3-4-13(17)10-15/h5-6,8,13H,3-4,7,9-10,17H2,1-2H3. The van der Waals surface area contributed by atoms with E-state index in [1.54, 1.807) is 7.11 Å². The summed E-state index contributed by atoms with van der Waals surface area (Å²) in [7, 11) is 1.63. The molecule has 1 aromatic rings. The highest BCUT2D eigenvalue weighted by molar-refractivity contribution is 5.38. The Morgan fingerprint density at radius 2 is 2.28 bits per heavy atom. The van der Waals surface area contributed by atoms with Gasteiger partial charge in [-0.1, -0.05) is 17.7 Å². The van der Waals surface area contributed by atoms with Crippen molar-refractivity contribution in [1.29, 1.82) is 0 Å². The van der Waals surface area contributed by atoms with E-state index in [0.717, 1.165) is 29.7 Å². The van der Waals surface area contributed by atoms with Crippen LogP contribution in [-0.4, -0.2) is 18.8 Å². The molecular formula is C15H22FNO. The fourth-order valence-electron chi connectivity index (χ4n) is 2.90. The molecule has 0 aromatic heterocycles. The normalized spacial score (nSPS) is 28.1. The first kappa shape index (κ1) is 13.3. The van der Waals surface area contributed by atoms with Gasteiger partial charge in [0.1, 0.15) is 11.4 Å². The third-order valence-corrected chi connectivity index (χ3v) is 3.77. The average Bonchev–Trinajstić information content (AvgIpc) is 2.28. The SMILES string of the molecule is COc1ccc(C)cc1CC1(F)CCCC(N)C1. The van der Waals surface area contributed by atoms with E-state index in [1.807, 2.05) is 25.1 Å². The van der Waals surface area contributed by atoms with Crippen LogP contribution in [0.2, 0.25) is 0 Å². The number of aryl methyl sites for hydroxylation is 1. The summed E-state index contributed by atoms with van der Waals surface area (Å²) in [6, 6.07) is 5.91. The van der Waals surface area contributed by atoms with Crippen LogP contribution in [0.1, 0.15) is 36.8 Å². The number of halogens is 1. The first-order valence-corrected chi connectivity index (χ1v) is 6.60. The Hall–Kier alpha value is -1.09. The number of ether oxygens (including phenoxy) is 1. The first-order chi connectivity index (χ1) is 8.52. The largest absolute Gasteiger partial charge is 0.496 e. The smallest absolute Gasteiger partial charge is 0.122 e. The van der Waals surface area contributed by atoms with Gasteiger partial charge < -0.3 is 10.5 Å². The second-order valence-electron chi connectivity index (χ2n) is 5.50. The zero-order valence-electron chi connectivity index (χ0n) is 11.2. The molecule has 2 nitrogen and oxygen atoms in total. The molecule has 0 saturated heterocycles. The number of hydrogen-bond donors (Lipinski definition) is 1. The molecule has 0 aliphatic heterocycles. The quantitative estimate of drug-likeness (QED) is 0.895. The van der Waals surface area contributed by atoms with Crippen molar-refractivity contribution in [3.05, 3.63) is 29.3 Å². The zero-order chi connectivity index (χ0) is 13.2. The molecule has 18 heavy (non-hydrogen) atoms. The van der Waals surface area contributed by atoms with Crippen LogP contribution < -0.4 is 10.5 Å². The minimum Gasteiger partial charge on any atom is -0.496 e. The minimum absolute atomic E-state index is 0.000413. The average molecular weight is 251 g/mol. The second kappa shape index (κ2) is 5.27. The Labute approximate surface area is 108 Å². The van der Waals surface area contributed by atoms with Crippen LogP contribution in [0.15, 0.2) is 18.2 Å². The van der Waals surface area contributed by atoms with E-state index >= 15 is 0 Å². The number of rotatable bonds is 3. The molecule has 0 radical (unpaired) electrons. The van der Waals surface area contributed by atoms with Crippen LogP contribution in [-0.2, 0) is 6.42 Å². The molecule has 2 N–H and O–H groups in total. The monoisotopic (exact) mass is 251 g/mol. The summed E-state index contributed by atoms with van der Waals surface area (Å²) in [6.07, 6.45) is 3.30. The van der Waals surface area contributed by atoms with Gasteiger partial charge in [0.05, 0.1) is 7.11 Å². The molecular weight excluding hydrogens is 229 g/mol. The molecule has 1 aliphatic carbocycles. The Morgan fingerprint density at radius 3 is 2.94 bits per heavy atom. The summed E-state index contributed by atoms with van der Waals surface area (Å²) in [5.74, 6) is 0.775. The van der Waals surface area contributed by atoms with Crippen molar-refractivity contribution >= 4 is 0 Å². The number of methoxy groups -OCH3 is 1. The highest BCUT2D eigenvalue weighted by Gasteiger charge is 2.35. The van der Waals surface area contributed by atoms with Crippen molar-refractivity contribution < 1.29 is 9.13 Å². The van der Waals surface area contributed by atoms with Gasteiger partial charge in [0.15, 0.2) is 0 Å². The maximum atomic E-state index is 14.8. The molecule has 2 unspecified atom stereocenters. The Balaban J connectivity index is 2.19. The Bertz CT molecular complexity index is 421. The van der Waals surface area contributed by atoms with E-state index < -0.39 is 5.67 Å². The molecule has 3 heteroatoms. The fraction of sp³-hybridized carbons (Fsp3) is 0.600. The van der Waals surface area contributed by atoms with E-state index in [9.17, 15) is 4.39 Å². The number of alkyl halides is 1. The number of nitrogens with two attached hydrogens (primary N) is 1. The van der Waals surface area contributed by atoms with Crippen LogP contribution in [0, 0.1) is 6.92 Å². The van der Waals surface area contributed by atoms with Crippen molar-refractivity contribution in [3.63, 3.8) is 0 Å². The highest BCUT2D eigenvalue weighted by Crippen LogP contribution is 2.36. The number of hydrogen-bond acceptors (Lipinski definition) is 2. The van der Waals surface area contributed by atoms with Gasteiger partial charge in [0.2, 0.25) is 0 Å². The minimum atomic E-state index is -1.17. The van der Waals surface area contributed by atoms with Crippen molar-refractivity contribution in [2.45, 2.75) is 50.7 Å². The summed E-state index contributed by atoms with van der Waals surface area (Å²) in [5.41, 5.74) is 6.81. The third-order valence-electron chi connectivity index (χ3n) is 3.77. The Morgan fingerprint density at radius 1 is 1.50 bits per heavy atom. The maximum absolute atomic E-state index is 14.8. The van der Waals surface area contributed by atoms with Crippen molar-refractivity contribution in [2.24, 2.45) is 5.73 Å². The lowest BCUT2D eigenvalue weighted by Crippen LogP contribution is -2.39. The van der Waals surface area contributed by atoms with E-state index in [0.29, 0.717) is 19.3 Å². The van der Waals surface area contributed by atoms with E-state index in [2.05, 4.69) is 0 Å². The van der Waals surface area contributed by atoms with Gasteiger partial charge in [0, 0.05) is 12.5 Å². The van der Waals surface area contributed by atoms with Crippen molar-refractivity contribution in [1.82, 2.24) is 0 Å². The molecule has 0 bridgehead atoms. The van der Waals surface area contributed by atoms with E-state index in [-0.39, 0.29) is 6.04 Å². The van der Waals surface area contributed by atoms with Gasteiger partial charge in [0.25, 0.3) is 0 Å². The van der Waals surface area contributed by atoms with Crippen LogP contribution in [0.3, 0.4) is 0 Å².